The smallest absolute Gasteiger partial charge is 0.0610 e. The zero-order valence-electron chi connectivity index (χ0n) is 14.5. The average molecular weight is 300 g/mol. The van der Waals surface area contributed by atoms with E-state index >= 15 is 0 Å². The molecule has 1 aliphatic rings. The van der Waals surface area contributed by atoms with Crippen molar-refractivity contribution in [3.05, 3.63) is 0 Å². The molecule has 0 aromatic carbocycles. The van der Waals surface area contributed by atoms with Gasteiger partial charge in [0.15, 0.2) is 0 Å². The molecule has 1 saturated heterocycles. The first-order valence-electron chi connectivity index (χ1n) is 8.59. The third kappa shape index (κ3) is 7.59. The molecule has 0 saturated carbocycles. The van der Waals surface area contributed by atoms with Gasteiger partial charge in [-0.2, -0.15) is 0 Å². The highest BCUT2D eigenvalue weighted by Crippen LogP contribution is 2.19. The van der Waals surface area contributed by atoms with Crippen molar-refractivity contribution >= 4 is 0 Å². The molecular weight excluding hydrogens is 264 g/mol. The lowest BCUT2D eigenvalue weighted by Gasteiger charge is -2.33. The molecule has 2 atom stereocenters. The lowest BCUT2D eigenvalue weighted by molar-refractivity contribution is 0.0887. The van der Waals surface area contributed by atoms with Gasteiger partial charge in [-0.05, 0) is 51.6 Å². The summed E-state index contributed by atoms with van der Waals surface area (Å²) in [4.78, 5) is 2.58. The Morgan fingerprint density at radius 2 is 2.14 bits per heavy atom. The number of hydrogen-bond donors (Lipinski definition) is 2. The van der Waals surface area contributed by atoms with Crippen LogP contribution in [0.2, 0.25) is 0 Å². The summed E-state index contributed by atoms with van der Waals surface area (Å²) in [6.45, 7) is 11.1. The zero-order valence-corrected chi connectivity index (χ0v) is 14.5. The lowest BCUT2D eigenvalue weighted by atomic mass is 9.94. The first kappa shape index (κ1) is 18.9. The van der Waals surface area contributed by atoms with E-state index in [-0.39, 0.29) is 12.1 Å². The van der Waals surface area contributed by atoms with E-state index in [1.807, 2.05) is 0 Å². The van der Waals surface area contributed by atoms with E-state index in [0.29, 0.717) is 12.0 Å². The van der Waals surface area contributed by atoms with E-state index < -0.39 is 0 Å². The van der Waals surface area contributed by atoms with Crippen molar-refractivity contribution in [2.45, 2.75) is 64.5 Å². The molecule has 126 valence electrons. The van der Waals surface area contributed by atoms with Crippen molar-refractivity contribution in [3.8, 4) is 0 Å². The average Bonchev–Trinajstić information content (AvgIpc) is 2.44. The number of hydrogen-bond acceptors (Lipinski definition) is 4. The first-order chi connectivity index (χ1) is 9.99. The molecule has 1 fully saturated rings. The minimum Gasteiger partial charge on any atom is -0.394 e. The fourth-order valence-electron chi connectivity index (χ4n) is 3.47. The summed E-state index contributed by atoms with van der Waals surface area (Å²) in [5.41, 5.74) is -0.130. The monoisotopic (exact) mass is 300 g/mol. The number of aliphatic hydroxyl groups excluding tert-OH is 1. The first-order valence-corrected chi connectivity index (χ1v) is 8.59. The molecule has 1 aliphatic heterocycles. The van der Waals surface area contributed by atoms with Crippen molar-refractivity contribution < 1.29 is 9.84 Å². The summed E-state index contributed by atoms with van der Waals surface area (Å²) in [5.74, 6) is 0.717. The molecule has 1 heterocycles. The standard InChI is InChI=1S/C17H36N2O2/c1-15(2)18-17(3,14-20)9-5-6-10-19-11-7-8-16(12-19)13-21-4/h15-16,18,20H,5-14H2,1-4H3. The largest absolute Gasteiger partial charge is 0.394 e. The highest BCUT2D eigenvalue weighted by Gasteiger charge is 2.24. The van der Waals surface area contributed by atoms with E-state index in [9.17, 15) is 5.11 Å². The maximum atomic E-state index is 9.59. The molecule has 0 bridgehead atoms. The molecule has 0 aromatic heterocycles. The number of piperidine rings is 1. The van der Waals surface area contributed by atoms with Gasteiger partial charge < -0.3 is 20.1 Å². The minimum absolute atomic E-state index is 0.130. The number of aliphatic hydroxyl groups is 1. The van der Waals surface area contributed by atoms with Crippen LogP contribution in [0.3, 0.4) is 0 Å². The number of methoxy groups -OCH3 is 1. The number of rotatable bonds is 10. The van der Waals surface area contributed by atoms with Gasteiger partial charge in [0.2, 0.25) is 0 Å². The Balaban J connectivity index is 2.20. The maximum Gasteiger partial charge on any atom is 0.0610 e. The molecule has 2 unspecified atom stereocenters. The molecule has 0 radical (unpaired) electrons. The Hall–Kier alpha value is -0.160. The lowest BCUT2D eigenvalue weighted by Crippen LogP contribution is -2.49. The molecular formula is C17H36N2O2. The number of nitrogens with zero attached hydrogens (tertiary/aromatic N) is 1. The predicted molar refractivity (Wildman–Crippen MR) is 88.7 cm³/mol. The molecule has 4 heteroatoms. The number of nitrogens with one attached hydrogen (secondary N) is 1. The van der Waals surface area contributed by atoms with Crippen LogP contribution >= 0.6 is 0 Å². The highest BCUT2D eigenvalue weighted by atomic mass is 16.5. The van der Waals surface area contributed by atoms with Gasteiger partial charge in [-0.15, -0.1) is 0 Å². The van der Waals surface area contributed by atoms with Crippen molar-refractivity contribution in [2.24, 2.45) is 5.92 Å². The van der Waals surface area contributed by atoms with Crippen LogP contribution in [0.25, 0.3) is 0 Å². The molecule has 21 heavy (non-hydrogen) atoms. The van der Waals surface area contributed by atoms with Crippen LogP contribution in [-0.2, 0) is 4.74 Å². The highest BCUT2D eigenvalue weighted by molar-refractivity contribution is 4.84. The summed E-state index contributed by atoms with van der Waals surface area (Å²) in [6, 6.07) is 0.416. The van der Waals surface area contributed by atoms with Crippen LogP contribution in [0, 0.1) is 5.92 Å². The second-order valence-corrected chi connectivity index (χ2v) is 7.24. The molecule has 0 aromatic rings. The Morgan fingerprint density at radius 3 is 2.76 bits per heavy atom. The van der Waals surface area contributed by atoms with Crippen LogP contribution in [0.4, 0.5) is 0 Å². The molecule has 1 rings (SSSR count). The van der Waals surface area contributed by atoms with Gasteiger partial charge >= 0.3 is 0 Å². The summed E-state index contributed by atoms with van der Waals surface area (Å²) < 4.78 is 5.29. The third-order valence-corrected chi connectivity index (χ3v) is 4.44. The second kappa shape index (κ2) is 9.78. The summed E-state index contributed by atoms with van der Waals surface area (Å²) >= 11 is 0. The number of unbranched alkanes of at least 4 members (excludes halogenated alkanes) is 1. The number of ether oxygens (including phenoxy) is 1. The summed E-state index contributed by atoms with van der Waals surface area (Å²) in [5, 5.41) is 13.1. The fourth-order valence-corrected chi connectivity index (χ4v) is 3.47. The van der Waals surface area contributed by atoms with Crippen LogP contribution in [0.15, 0.2) is 0 Å². The third-order valence-electron chi connectivity index (χ3n) is 4.44. The van der Waals surface area contributed by atoms with E-state index in [4.69, 9.17) is 4.74 Å². The Morgan fingerprint density at radius 1 is 1.38 bits per heavy atom. The van der Waals surface area contributed by atoms with E-state index in [2.05, 4.69) is 31.0 Å². The van der Waals surface area contributed by atoms with Gasteiger partial charge in [-0.1, -0.05) is 20.3 Å². The van der Waals surface area contributed by atoms with Crippen molar-refractivity contribution in [2.75, 3.05) is 40.0 Å². The van der Waals surface area contributed by atoms with Crippen LogP contribution in [0.1, 0.15) is 52.9 Å². The van der Waals surface area contributed by atoms with E-state index in [1.165, 1.54) is 45.3 Å². The topological polar surface area (TPSA) is 44.7 Å². The van der Waals surface area contributed by atoms with Gasteiger partial charge in [-0.25, -0.2) is 0 Å². The molecule has 0 amide bonds. The zero-order chi connectivity index (χ0) is 15.7. The van der Waals surface area contributed by atoms with Gasteiger partial charge in [0.25, 0.3) is 0 Å². The number of likely N-dealkylation sites (tertiary alicyclic amines) is 1. The van der Waals surface area contributed by atoms with Gasteiger partial charge in [0, 0.05) is 25.2 Å². The molecule has 0 aliphatic carbocycles. The Labute approximate surface area is 131 Å². The molecule has 4 nitrogen and oxygen atoms in total. The summed E-state index contributed by atoms with van der Waals surface area (Å²) in [6.07, 6.45) is 6.04. The normalized spacial score (nSPS) is 23.4. The second-order valence-electron chi connectivity index (χ2n) is 7.24. The van der Waals surface area contributed by atoms with Crippen molar-refractivity contribution in [1.29, 1.82) is 0 Å². The maximum absolute atomic E-state index is 9.59. The van der Waals surface area contributed by atoms with Crippen molar-refractivity contribution in [1.82, 2.24) is 10.2 Å². The predicted octanol–water partition coefficient (Wildman–Crippen LogP) is 2.26. The molecule has 2 N–H and O–H groups in total. The van der Waals surface area contributed by atoms with E-state index in [0.717, 1.165) is 13.0 Å². The van der Waals surface area contributed by atoms with Gasteiger partial charge in [0.1, 0.15) is 0 Å². The van der Waals surface area contributed by atoms with Gasteiger partial charge in [0.05, 0.1) is 13.2 Å². The van der Waals surface area contributed by atoms with Crippen LogP contribution < -0.4 is 5.32 Å². The van der Waals surface area contributed by atoms with E-state index in [1.54, 1.807) is 7.11 Å². The SMILES string of the molecule is COCC1CCCN(CCCCC(C)(CO)NC(C)C)C1. The Bertz CT molecular complexity index is 272. The van der Waals surface area contributed by atoms with Crippen LogP contribution in [0.5, 0.6) is 0 Å². The van der Waals surface area contributed by atoms with Gasteiger partial charge in [-0.3, -0.25) is 0 Å². The quantitative estimate of drug-likeness (QED) is 0.608. The fraction of sp³-hybridized carbons (Fsp3) is 1.00. The van der Waals surface area contributed by atoms with Crippen LogP contribution in [-0.4, -0.2) is 61.5 Å². The molecule has 0 spiro atoms. The Kier molecular flexibility index (Phi) is 8.79. The van der Waals surface area contributed by atoms with Crippen molar-refractivity contribution in [3.63, 3.8) is 0 Å². The summed E-state index contributed by atoms with van der Waals surface area (Å²) in [7, 11) is 1.80. The minimum atomic E-state index is -0.130.